The molecule has 0 bridgehead atoms. The number of rotatable bonds is 3. The molecule has 0 saturated carbocycles. The summed E-state index contributed by atoms with van der Waals surface area (Å²) in [7, 11) is 0. The summed E-state index contributed by atoms with van der Waals surface area (Å²) in [6.07, 6.45) is 3.34. The predicted molar refractivity (Wildman–Crippen MR) is 63.7 cm³/mol. The third-order valence-electron chi connectivity index (χ3n) is 3.34. The summed E-state index contributed by atoms with van der Waals surface area (Å²) >= 11 is 0. The number of nitrogens with zero attached hydrogens (tertiary/aromatic N) is 1. The first-order valence-electron chi connectivity index (χ1n) is 5.92. The second-order valence-electron chi connectivity index (χ2n) is 4.61. The second-order valence-corrected chi connectivity index (χ2v) is 4.61. The van der Waals surface area contributed by atoms with Crippen molar-refractivity contribution in [2.24, 2.45) is 0 Å². The van der Waals surface area contributed by atoms with Crippen molar-refractivity contribution in [2.75, 3.05) is 13.1 Å². The van der Waals surface area contributed by atoms with Gasteiger partial charge in [0.1, 0.15) is 11.5 Å². The van der Waals surface area contributed by atoms with E-state index in [0.717, 1.165) is 25.1 Å². The lowest BCUT2D eigenvalue weighted by Crippen LogP contribution is -2.31. The molecule has 1 atom stereocenters. The lowest BCUT2D eigenvalue weighted by Gasteiger charge is -2.24. The Bertz CT molecular complexity index is 359. The van der Waals surface area contributed by atoms with Crippen molar-refractivity contribution < 1.29 is 10.2 Å². The third kappa shape index (κ3) is 2.47. The van der Waals surface area contributed by atoms with E-state index in [2.05, 4.69) is 11.8 Å². The van der Waals surface area contributed by atoms with Crippen molar-refractivity contribution in [3.8, 4) is 11.5 Å². The monoisotopic (exact) mass is 221 g/mol. The Morgan fingerprint density at radius 2 is 1.94 bits per heavy atom. The van der Waals surface area contributed by atoms with Gasteiger partial charge in [-0.05, 0) is 63.0 Å². The minimum atomic E-state index is 0.224. The number of hydrogen-bond donors (Lipinski definition) is 2. The lowest BCUT2D eigenvalue weighted by atomic mass is 10.0. The fourth-order valence-corrected chi connectivity index (χ4v) is 2.37. The summed E-state index contributed by atoms with van der Waals surface area (Å²) in [4.78, 5) is 2.43. The Balaban J connectivity index is 2.04. The SMILES string of the molecule is CC(Cc1cc(O)ccc1O)N1CCCC1. The van der Waals surface area contributed by atoms with E-state index >= 15 is 0 Å². The fourth-order valence-electron chi connectivity index (χ4n) is 2.37. The molecular formula is C13H19NO2. The fraction of sp³-hybridized carbons (Fsp3) is 0.538. The maximum Gasteiger partial charge on any atom is 0.119 e. The van der Waals surface area contributed by atoms with Crippen LogP contribution in [0.25, 0.3) is 0 Å². The van der Waals surface area contributed by atoms with Crippen molar-refractivity contribution in [2.45, 2.75) is 32.2 Å². The quantitative estimate of drug-likeness (QED) is 0.768. The van der Waals surface area contributed by atoms with Gasteiger partial charge in [-0.3, -0.25) is 0 Å². The zero-order chi connectivity index (χ0) is 11.5. The molecule has 16 heavy (non-hydrogen) atoms. The number of likely N-dealkylation sites (tertiary alicyclic amines) is 1. The van der Waals surface area contributed by atoms with Crippen LogP contribution < -0.4 is 0 Å². The number of phenolic OH excluding ortho intramolecular Hbond substituents is 2. The summed E-state index contributed by atoms with van der Waals surface area (Å²) in [5.41, 5.74) is 0.833. The summed E-state index contributed by atoms with van der Waals surface area (Å²) in [6.45, 7) is 4.48. The van der Waals surface area contributed by atoms with E-state index < -0.39 is 0 Å². The third-order valence-corrected chi connectivity index (χ3v) is 3.34. The standard InChI is InChI=1S/C13H19NO2/c1-10(14-6-2-3-7-14)8-11-9-12(15)4-5-13(11)16/h4-5,9-10,15-16H,2-3,6-8H2,1H3. The molecule has 1 aromatic rings. The first-order chi connectivity index (χ1) is 7.66. The highest BCUT2D eigenvalue weighted by Gasteiger charge is 2.19. The molecule has 1 aliphatic rings. The van der Waals surface area contributed by atoms with E-state index in [9.17, 15) is 10.2 Å². The van der Waals surface area contributed by atoms with Crippen molar-refractivity contribution in [1.82, 2.24) is 4.90 Å². The molecule has 1 fully saturated rings. The molecule has 0 aromatic heterocycles. The molecule has 0 aliphatic carbocycles. The van der Waals surface area contributed by atoms with Gasteiger partial charge in [-0.2, -0.15) is 0 Å². The average molecular weight is 221 g/mol. The molecule has 0 amide bonds. The maximum atomic E-state index is 9.70. The smallest absolute Gasteiger partial charge is 0.119 e. The van der Waals surface area contributed by atoms with Crippen LogP contribution in [0.2, 0.25) is 0 Å². The van der Waals surface area contributed by atoms with Crippen LogP contribution in [-0.2, 0) is 6.42 Å². The van der Waals surface area contributed by atoms with Gasteiger partial charge >= 0.3 is 0 Å². The van der Waals surface area contributed by atoms with Crippen LogP contribution in [0.5, 0.6) is 11.5 Å². The Labute approximate surface area is 96.3 Å². The first-order valence-corrected chi connectivity index (χ1v) is 5.92. The number of hydrogen-bond acceptors (Lipinski definition) is 3. The highest BCUT2D eigenvalue weighted by molar-refractivity contribution is 5.39. The topological polar surface area (TPSA) is 43.7 Å². The molecule has 0 radical (unpaired) electrons. The predicted octanol–water partition coefficient (Wildman–Crippen LogP) is 2.12. The molecule has 1 saturated heterocycles. The maximum absolute atomic E-state index is 9.70. The molecule has 1 heterocycles. The van der Waals surface area contributed by atoms with Crippen molar-refractivity contribution in [1.29, 1.82) is 0 Å². The van der Waals surface area contributed by atoms with Crippen molar-refractivity contribution in [3.63, 3.8) is 0 Å². The van der Waals surface area contributed by atoms with E-state index in [0.29, 0.717) is 6.04 Å². The van der Waals surface area contributed by atoms with E-state index in [4.69, 9.17) is 0 Å². The molecule has 3 heteroatoms. The summed E-state index contributed by atoms with van der Waals surface area (Å²) in [6, 6.07) is 5.15. The van der Waals surface area contributed by atoms with Crippen LogP contribution in [0.1, 0.15) is 25.3 Å². The second kappa shape index (κ2) is 4.74. The highest BCUT2D eigenvalue weighted by atomic mass is 16.3. The number of benzene rings is 1. The van der Waals surface area contributed by atoms with E-state index in [1.165, 1.54) is 18.9 Å². The lowest BCUT2D eigenvalue weighted by molar-refractivity contribution is 0.256. The Morgan fingerprint density at radius 1 is 1.25 bits per heavy atom. The van der Waals surface area contributed by atoms with Gasteiger partial charge in [0.15, 0.2) is 0 Å². The molecule has 3 nitrogen and oxygen atoms in total. The van der Waals surface area contributed by atoms with E-state index in [-0.39, 0.29) is 11.5 Å². The molecule has 88 valence electrons. The van der Waals surface area contributed by atoms with Crippen LogP contribution in [0.4, 0.5) is 0 Å². The van der Waals surface area contributed by atoms with Crippen molar-refractivity contribution >= 4 is 0 Å². The zero-order valence-electron chi connectivity index (χ0n) is 9.69. The van der Waals surface area contributed by atoms with Crippen LogP contribution in [0, 0.1) is 0 Å². The molecule has 2 rings (SSSR count). The Kier molecular flexibility index (Phi) is 3.34. The minimum absolute atomic E-state index is 0.224. The molecule has 2 N–H and O–H groups in total. The van der Waals surface area contributed by atoms with Gasteiger partial charge in [0.05, 0.1) is 0 Å². The largest absolute Gasteiger partial charge is 0.508 e. The summed E-state index contributed by atoms with van der Waals surface area (Å²) < 4.78 is 0. The summed E-state index contributed by atoms with van der Waals surface area (Å²) in [5, 5.41) is 19.1. The van der Waals surface area contributed by atoms with Gasteiger partial charge in [0.25, 0.3) is 0 Å². The van der Waals surface area contributed by atoms with Gasteiger partial charge in [0, 0.05) is 6.04 Å². The van der Waals surface area contributed by atoms with Crippen LogP contribution in [0.15, 0.2) is 18.2 Å². The van der Waals surface area contributed by atoms with Crippen molar-refractivity contribution in [3.05, 3.63) is 23.8 Å². The molecule has 1 aliphatic heterocycles. The van der Waals surface area contributed by atoms with E-state index in [1.807, 2.05) is 0 Å². The Hall–Kier alpha value is -1.22. The van der Waals surface area contributed by atoms with E-state index in [1.54, 1.807) is 12.1 Å². The van der Waals surface area contributed by atoms with Crippen LogP contribution in [0.3, 0.4) is 0 Å². The first kappa shape index (κ1) is 11.3. The average Bonchev–Trinajstić information content (AvgIpc) is 2.76. The van der Waals surface area contributed by atoms with Gasteiger partial charge in [0.2, 0.25) is 0 Å². The number of aromatic hydroxyl groups is 2. The van der Waals surface area contributed by atoms with Crippen LogP contribution >= 0.6 is 0 Å². The molecular weight excluding hydrogens is 202 g/mol. The van der Waals surface area contributed by atoms with Crippen LogP contribution in [-0.4, -0.2) is 34.2 Å². The minimum Gasteiger partial charge on any atom is -0.508 e. The molecule has 0 spiro atoms. The summed E-state index contributed by atoms with van der Waals surface area (Å²) in [5.74, 6) is 0.505. The molecule has 1 aromatic carbocycles. The van der Waals surface area contributed by atoms with Gasteiger partial charge in [-0.25, -0.2) is 0 Å². The highest BCUT2D eigenvalue weighted by Crippen LogP contribution is 2.25. The van der Waals surface area contributed by atoms with Gasteiger partial charge in [-0.15, -0.1) is 0 Å². The molecule has 1 unspecified atom stereocenters. The van der Waals surface area contributed by atoms with Gasteiger partial charge < -0.3 is 15.1 Å². The van der Waals surface area contributed by atoms with Gasteiger partial charge in [-0.1, -0.05) is 0 Å². The zero-order valence-corrected chi connectivity index (χ0v) is 9.69. The number of phenols is 2. The Morgan fingerprint density at radius 3 is 2.62 bits per heavy atom. The normalized spacial score (nSPS) is 18.8.